The van der Waals surface area contributed by atoms with Crippen LogP contribution in [0.5, 0.6) is 0 Å². The van der Waals surface area contributed by atoms with Gasteiger partial charge < -0.3 is 4.90 Å². The molecule has 0 fully saturated rings. The number of aryl methyl sites for hydroxylation is 1. The summed E-state index contributed by atoms with van der Waals surface area (Å²) in [5, 5.41) is 0.527. The molecule has 2 rings (SSSR count). The molecule has 88 valence electrons. The molecule has 17 heavy (non-hydrogen) atoms. The molecular formula is C14H15ClN2. The number of rotatable bonds is 3. The molecule has 1 heterocycles. The lowest BCUT2D eigenvalue weighted by Gasteiger charge is -2.19. The molecule has 0 bridgehead atoms. The number of nitrogens with zero attached hydrogens (tertiary/aromatic N) is 2. The zero-order chi connectivity index (χ0) is 12.3. The Bertz CT molecular complexity index is 511. The highest BCUT2D eigenvalue weighted by molar-refractivity contribution is 6.29. The maximum absolute atomic E-state index is 5.89. The lowest BCUT2D eigenvalue weighted by Crippen LogP contribution is -2.18. The average molecular weight is 247 g/mol. The number of benzene rings is 1. The lowest BCUT2D eigenvalue weighted by atomic mass is 10.1. The van der Waals surface area contributed by atoms with Crippen LogP contribution in [0.3, 0.4) is 0 Å². The van der Waals surface area contributed by atoms with E-state index in [1.54, 1.807) is 6.07 Å². The molecule has 0 aliphatic carbocycles. The van der Waals surface area contributed by atoms with Gasteiger partial charge in [0.15, 0.2) is 0 Å². The number of hydrogen-bond donors (Lipinski definition) is 0. The number of aromatic nitrogens is 1. The molecular weight excluding hydrogens is 232 g/mol. The van der Waals surface area contributed by atoms with Gasteiger partial charge in [0.25, 0.3) is 0 Å². The second-order valence-electron chi connectivity index (χ2n) is 4.10. The molecule has 1 aromatic heterocycles. The highest BCUT2D eigenvalue weighted by atomic mass is 35.5. The minimum atomic E-state index is 0.527. The van der Waals surface area contributed by atoms with Gasteiger partial charge >= 0.3 is 0 Å². The fourth-order valence-electron chi connectivity index (χ4n) is 1.73. The first kappa shape index (κ1) is 11.9. The van der Waals surface area contributed by atoms with Crippen LogP contribution in [-0.2, 0) is 6.54 Å². The van der Waals surface area contributed by atoms with Crippen molar-refractivity contribution >= 4 is 17.4 Å². The van der Waals surface area contributed by atoms with E-state index in [1.165, 1.54) is 11.1 Å². The Morgan fingerprint density at radius 1 is 1.12 bits per heavy atom. The lowest BCUT2D eigenvalue weighted by molar-refractivity contribution is 0.891. The molecule has 2 nitrogen and oxygen atoms in total. The van der Waals surface area contributed by atoms with Crippen LogP contribution in [0, 0.1) is 6.92 Å². The Kier molecular flexibility index (Phi) is 3.64. The van der Waals surface area contributed by atoms with Crippen molar-refractivity contribution in [2.45, 2.75) is 13.5 Å². The van der Waals surface area contributed by atoms with Gasteiger partial charge in [-0.1, -0.05) is 41.9 Å². The van der Waals surface area contributed by atoms with Crippen molar-refractivity contribution < 1.29 is 0 Å². The summed E-state index contributed by atoms with van der Waals surface area (Å²) in [6.45, 7) is 2.95. The zero-order valence-corrected chi connectivity index (χ0v) is 10.8. The summed E-state index contributed by atoms with van der Waals surface area (Å²) in [6, 6.07) is 14.0. The standard InChI is InChI=1S/C14H15ClN2/c1-11-6-3-4-7-12(11)10-17(2)14-9-5-8-13(15)16-14/h3-9H,10H2,1-2H3. The van der Waals surface area contributed by atoms with Crippen molar-refractivity contribution in [3.8, 4) is 0 Å². The molecule has 0 unspecified atom stereocenters. The van der Waals surface area contributed by atoms with Crippen molar-refractivity contribution in [1.82, 2.24) is 4.98 Å². The first-order chi connectivity index (χ1) is 8.16. The SMILES string of the molecule is Cc1ccccc1CN(C)c1cccc(Cl)n1. The smallest absolute Gasteiger partial charge is 0.131 e. The normalized spacial score (nSPS) is 10.3. The molecule has 2 aromatic rings. The van der Waals surface area contributed by atoms with E-state index in [4.69, 9.17) is 11.6 Å². The number of hydrogen-bond acceptors (Lipinski definition) is 2. The Balaban J connectivity index is 2.17. The molecule has 0 N–H and O–H groups in total. The topological polar surface area (TPSA) is 16.1 Å². The van der Waals surface area contributed by atoms with Crippen molar-refractivity contribution in [1.29, 1.82) is 0 Å². The monoisotopic (exact) mass is 246 g/mol. The van der Waals surface area contributed by atoms with Gasteiger partial charge in [0.1, 0.15) is 11.0 Å². The van der Waals surface area contributed by atoms with E-state index in [1.807, 2.05) is 19.2 Å². The molecule has 0 amide bonds. The van der Waals surface area contributed by atoms with E-state index in [0.717, 1.165) is 12.4 Å². The highest BCUT2D eigenvalue weighted by Gasteiger charge is 2.05. The summed E-state index contributed by atoms with van der Waals surface area (Å²) in [6.07, 6.45) is 0. The van der Waals surface area contributed by atoms with Gasteiger partial charge in [-0.05, 0) is 30.2 Å². The first-order valence-corrected chi connectivity index (χ1v) is 5.93. The average Bonchev–Trinajstić information content (AvgIpc) is 2.32. The second-order valence-corrected chi connectivity index (χ2v) is 4.49. The fraction of sp³-hybridized carbons (Fsp3) is 0.214. The van der Waals surface area contributed by atoms with E-state index in [0.29, 0.717) is 5.15 Å². The van der Waals surface area contributed by atoms with Crippen LogP contribution in [0.4, 0.5) is 5.82 Å². The van der Waals surface area contributed by atoms with Crippen LogP contribution in [0.25, 0.3) is 0 Å². The van der Waals surface area contributed by atoms with Crippen molar-refractivity contribution in [2.75, 3.05) is 11.9 Å². The molecule has 0 spiro atoms. The van der Waals surface area contributed by atoms with Crippen LogP contribution < -0.4 is 4.90 Å². The zero-order valence-electron chi connectivity index (χ0n) is 10.0. The van der Waals surface area contributed by atoms with Crippen LogP contribution in [0.1, 0.15) is 11.1 Å². The van der Waals surface area contributed by atoms with E-state index in [9.17, 15) is 0 Å². The Morgan fingerprint density at radius 2 is 1.88 bits per heavy atom. The Hall–Kier alpha value is -1.54. The molecule has 1 aromatic carbocycles. The molecule has 3 heteroatoms. The van der Waals surface area contributed by atoms with Gasteiger partial charge in [0.2, 0.25) is 0 Å². The molecule has 0 saturated heterocycles. The summed E-state index contributed by atoms with van der Waals surface area (Å²) >= 11 is 5.89. The molecule has 0 aliphatic heterocycles. The predicted octanol–water partition coefficient (Wildman–Crippen LogP) is 3.68. The number of halogens is 1. The summed E-state index contributed by atoms with van der Waals surface area (Å²) < 4.78 is 0. The van der Waals surface area contributed by atoms with Crippen LogP contribution in [0.2, 0.25) is 5.15 Å². The maximum Gasteiger partial charge on any atom is 0.131 e. The summed E-state index contributed by atoms with van der Waals surface area (Å²) in [5.74, 6) is 0.890. The Labute approximate surface area is 107 Å². The van der Waals surface area contributed by atoms with Crippen LogP contribution >= 0.6 is 11.6 Å². The summed E-state index contributed by atoms with van der Waals surface area (Å²) in [7, 11) is 2.02. The quantitative estimate of drug-likeness (QED) is 0.768. The molecule has 0 atom stereocenters. The van der Waals surface area contributed by atoms with Gasteiger partial charge in [-0.3, -0.25) is 0 Å². The minimum absolute atomic E-state index is 0.527. The third-order valence-corrected chi connectivity index (χ3v) is 2.97. The minimum Gasteiger partial charge on any atom is -0.355 e. The van der Waals surface area contributed by atoms with Crippen LogP contribution in [0.15, 0.2) is 42.5 Å². The number of anilines is 1. The fourth-order valence-corrected chi connectivity index (χ4v) is 1.89. The van der Waals surface area contributed by atoms with Gasteiger partial charge in [-0.2, -0.15) is 0 Å². The van der Waals surface area contributed by atoms with Gasteiger partial charge in [-0.25, -0.2) is 4.98 Å². The summed E-state index contributed by atoms with van der Waals surface area (Å²) in [4.78, 5) is 6.38. The third kappa shape index (κ3) is 2.98. The van der Waals surface area contributed by atoms with E-state index in [2.05, 4.69) is 41.1 Å². The molecule has 0 aliphatic rings. The summed E-state index contributed by atoms with van der Waals surface area (Å²) in [5.41, 5.74) is 2.60. The van der Waals surface area contributed by atoms with E-state index < -0.39 is 0 Å². The number of pyridine rings is 1. The molecule has 0 radical (unpaired) electrons. The second kappa shape index (κ2) is 5.19. The van der Waals surface area contributed by atoms with Crippen molar-refractivity contribution in [2.24, 2.45) is 0 Å². The van der Waals surface area contributed by atoms with Crippen LogP contribution in [-0.4, -0.2) is 12.0 Å². The van der Waals surface area contributed by atoms with Gasteiger partial charge in [-0.15, -0.1) is 0 Å². The Morgan fingerprint density at radius 3 is 2.59 bits per heavy atom. The van der Waals surface area contributed by atoms with Gasteiger partial charge in [0.05, 0.1) is 0 Å². The first-order valence-electron chi connectivity index (χ1n) is 5.55. The van der Waals surface area contributed by atoms with Crippen molar-refractivity contribution in [3.05, 3.63) is 58.7 Å². The third-order valence-electron chi connectivity index (χ3n) is 2.76. The predicted molar refractivity (Wildman–Crippen MR) is 72.5 cm³/mol. The molecule has 0 saturated carbocycles. The highest BCUT2D eigenvalue weighted by Crippen LogP contribution is 2.17. The van der Waals surface area contributed by atoms with E-state index >= 15 is 0 Å². The maximum atomic E-state index is 5.89. The largest absolute Gasteiger partial charge is 0.355 e. The van der Waals surface area contributed by atoms with E-state index in [-0.39, 0.29) is 0 Å². The van der Waals surface area contributed by atoms with Gasteiger partial charge in [0, 0.05) is 13.6 Å². The van der Waals surface area contributed by atoms with Crippen molar-refractivity contribution in [3.63, 3.8) is 0 Å².